The van der Waals surface area contributed by atoms with E-state index in [0.29, 0.717) is 5.56 Å². The van der Waals surface area contributed by atoms with E-state index >= 15 is 0 Å². The Morgan fingerprint density at radius 3 is 2.17 bits per heavy atom. The number of nitrogens with two attached hydrogens (primary N) is 2. The molecule has 2 aromatic rings. The van der Waals surface area contributed by atoms with Crippen molar-refractivity contribution >= 4 is 19.4 Å². The van der Waals surface area contributed by atoms with Crippen LogP contribution >= 0.6 is 7.60 Å². The Labute approximate surface area is 171 Å². The molecule has 1 heterocycles. The number of nitrogens with zero attached hydrogens (tertiary/aromatic N) is 2. The molecule has 0 aliphatic heterocycles. The van der Waals surface area contributed by atoms with Gasteiger partial charge >= 0.3 is 7.60 Å². The number of anilines is 2. The van der Waals surface area contributed by atoms with E-state index in [1.165, 1.54) is 0 Å². The highest BCUT2D eigenvalue weighted by molar-refractivity contribution is 7.53. The Hall–Kier alpha value is -2.19. The lowest BCUT2D eigenvalue weighted by Crippen LogP contribution is -2.15. The van der Waals surface area contributed by atoms with Crippen LogP contribution in [0.15, 0.2) is 30.3 Å². The van der Waals surface area contributed by atoms with Gasteiger partial charge in [0.1, 0.15) is 18.8 Å². The lowest BCUT2D eigenvalue weighted by molar-refractivity contribution is 0.0846. The number of nitrogen functional groups attached to an aromatic ring is 2. The van der Waals surface area contributed by atoms with E-state index in [1.807, 2.05) is 30.3 Å². The number of rotatable bonds is 11. The third kappa shape index (κ3) is 7.29. The highest BCUT2D eigenvalue weighted by Gasteiger charge is 2.28. The third-order valence-electron chi connectivity index (χ3n) is 3.44. The highest BCUT2D eigenvalue weighted by Crippen LogP contribution is 2.50. The summed E-state index contributed by atoms with van der Waals surface area (Å²) in [7, 11) is -3.36. The minimum atomic E-state index is -3.36. The maximum atomic E-state index is 12.7. The average Bonchev–Trinajstić information content (AvgIpc) is 2.60. The van der Waals surface area contributed by atoms with Crippen molar-refractivity contribution in [3.8, 4) is 17.0 Å². The fraction of sp³-hybridized carbons (Fsp3) is 0.474. The Balaban J connectivity index is 1.99. The Bertz CT molecular complexity index is 819. The van der Waals surface area contributed by atoms with Crippen molar-refractivity contribution in [1.29, 1.82) is 0 Å². The van der Waals surface area contributed by atoms with Gasteiger partial charge in [-0.1, -0.05) is 30.3 Å². The predicted octanol–water partition coefficient (Wildman–Crippen LogP) is 3.70. The first-order valence-corrected chi connectivity index (χ1v) is 11.1. The van der Waals surface area contributed by atoms with E-state index < -0.39 is 7.60 Å². The van der Waals surface area contributed by atoms with Crippen molar-refractivity contribution < 1.29 is 23.1 Å². The summed E-state index contributed by atoms with van der Waals surface area (Å²) in [5, 5.41) is 0. The number of hydrogen-bond acceptors (Lipinski definition) is 9. The third-order valence-corrected chi connectivity index (χ3v) is 5.43. The van der Waals surface area contributed by atoms with Crippen molar-refractivity contribution in [3.63, 3.8) is 0 Å². The zero-order valence-corrected chi connectivity index (χ0v) is 18.1. The van der Waals surface area contributed by atoms with Crippen LogP contribution in [0.25, 0.3) is 11.1 Å². The first kappa shape index (κ1) is 23.1. The molecule has 1 aromatic carbocycles. The van der Waals surface area contributed by atoms with E-state index in [-0.39, 0.29) is 49.4 Å². The Morgan fingerprint density at radius 2 is 1.59 bits per heavy atom. The Kier molecular flexibility index (Phi) is 8.40. The molecule has 0 bridgehead atoms. The molecular weight excluding hydrogens is 395 g/mol. The molecule has 0 unspecified atom stereocenters. The largest absolute Gasteiger partial charge is 0.475 e. The average molecular weight is 424 g/mol. The Morgan fingerprint density at radius 1 is 0.966 bits per heavy atom. The smallest absolute Gasteiger partial charge is 0.356 e. The van der Waals surface area contributed by atoms with Gasteiger partial charge in [-0.15, -0.1) is 0 Å². The molecule has 4 N–H and O–H groups in total. The van der Waals surface area contributed by atoms with E-state index in [0.717, 1.165) is 5.56 Å². The molecule has 0 saturated heterocycles. The van der Waals surface area contributed by atoms with Crippen LogP contribution in [-0.4, -0.2) is 41.7 Å². The molecule has 0 radical (unpaired) electrons. The zero-order chi connectivity index (χ0) is 21.4. The zero-order valence-electron chi connectivity index (χ0n) is 17.2. The summed E-state index contributed by atoms with van der Waals surface area (Å²) < 4.78 is 34.8. The van der Waals surface area contributed by atoms with Gasteiger partial charge in [-0.3, -0.25) is 4.57 Å². The molecule has 0 amide bonds. The fourth-order valence-corrected chi connectivity index (χ4v) is 4.37. The van der Waals surface area contributed by atoms with Gasteiger partial charge in [-0.25, -0.2) is 0 Å². The molecule has 10 heteroatoms. The van der Waals surface area contributed by atoms with Gasteiger partial charge in [0.05, 0.1) is 24.4 Å². The monoisotopic (exact) mass is 424 g/mol. The van der Waals surface area contributed by atoms with Gasteiger partial charge < -0.3 is 30.0 Å². The van der Waals surface area contributed by atoms with Crippen LogP contribution in [0.2, 0.25) is 0 Å². The summed E-state index contributed by atoms with van der Waals surface area (Å²) in [6.07, 6.45) is -0.675. The van der Waals surface area contributed by atoms with Gasteiger partial charge in [0, 0.05) is 0 Å². The second-order valence-electron chi connectivity index (χ2n) is 6.82. The maximum absolute atomic E-state index is 12.7. The number of benzene rings is 1. The van der Waals surface area contributed by atoms with Crippen molar-refractivity contribution in [1.82, 2.24) is 9.97 Å². The molecule has 2 rings (SSSR count). The summed E-state index contributed by atoms with van der Waals surface area (Å²) in [5.41, 5.74) is 13.1. The van der Waals surface area contributed by atoms with Crippen LogP contribution in [0.3, 0.4) is 0 Å². The van der Waals surface area contributed by atoms with E-state index in [1.54, 1.807) is 27.7 Å². The minimum Gasteiger partial charge on any atom is -0.475 e. The summed E-state index contributed by atoms with van der Waals surface area (Å²) in [4.78, 5) is 8.15. The van der Waals surface area contributed by atoms with Crippen molar-refractivity contribution in [2.45, 2.75) is 39.9 Å². The summed E-state index contributed by atoms with van der Waals surface area (Å²) in [6, 6.07) is 9.38. The predicted molar refractivity (Wildman–Crippen MR) is 113 cm³/mol. The SMILES string of the molecule is CC(C)OP(=O)(COCCOc1nc(N)nc(N)c1-c1ccccc1)OC(C)C. The van der Waals surface area contributed by atoms with Gasteiger partial charge in [0.2, 0.25) is 11.8 Å². The highest BCUT2D eigenvalue weighted by atomic mass is 31.2. The molecule has 9 nitrogen and oxygen atoms in total. The summed E-state index contributed by atoms with van der Waals surface area (Å²) >= 11 is 0. The van der Waals surface area contributed by atoms with Crippen LogP contribution in [-0.2, 0) is 18.3 Å². The van der Waals surface area contributed by atoms with Gasteiger partial charge in [-0.05, 0) is 33.3 Å². The standard InChI is InChI=1S/C19H29N4O5P/c1-13(2)27-29(24,28-14(3)4)12-25-10-11-26-18-16(15-8-6-5-7-9-15)17(20)22-19(21)23-18/h5-9,13-14H,10-12H2,1-4H3,(H4,20,21,22,23). The fourth-order valence-electron chi connectivity index (χ4n) is 2.56. The molecule has 0 spiro atoms. The number of hydrogen-bond donors (Lipinski definition) is 2. The molecule has 160 valence electrons. The van der Waals surface area contributed by atoms with Crippen molar-refractivity contribution in [2.75, 3.05) is 31.0 Å². The second-order valence-corrected chi connectivity index (χ2v) is 8.72. The summed E-state index contributed by atoms with van der Waals surface area (Å²) in [6.45, 7) is 7.43. The molecule has 0 aliphatic rings. The second kappa shape index (κ2) is 10.5. The first-order valence-electron chi connectivity index (χ1n) is 9.35. The van der Waals surface area contributed by atoms with Crippen LogP contribution in [0.1, 0.15) is 27.7 Å². The summed E-state index contributed by atoms with van der Waals surface area (Å²) in [5.74, 6) is 0.489. The minimum absolute atomic E-state index is 0.0123. The van der Waals surface area contributed by atoms with Crippen LogP contribution in [0.5, 0.6) is 5.88 Å². The quantitative estimate of drug-likeness (QED) is 0.409. The van der Waals surface area contributed by atoms with E-state index in [4.69, 9.17) is 30.0 Å². The normalized spacial score (nSPS) is 11.9. The number of ether oxygens (including phenoxy) is 2. The molecule has 0 atom stereocenters. The van der Waals surface area contributed by atoms with Gasteiger partial charge in [0.25, 0.3) is 0 Å². The molecular formula is C19H29N4O5P. The van der Waals surface area contributed by atoms with Crippen LogP contribution < -0.4 is 16.2 Å². The topological polar surface area (TPSA) is 132 Å². The molecule has 0 aliphatic carbocycles. The molecule has 1 aromatic heterocycles. The van der Waals surface area contributed by atoms with Crippen molar-refractivity contribution in [2.24, 2.45) is 0 Å². The lowest BCUT2D eigenvalue weighted by Gasteiger charge is -2.22. The number of aromatic nitrogens is 2. The van der Waals surface area contributed by atoms with Gasteiger partial charge in [-0.2, -0.15) is 9.97 Å². The first-order chi connectivity index (χ1) is 13.7. The van der Waals surface area contributed by atoms with Gasteiger partial charge in [0.15, 0.2) is 0 Å². The molecule has 29 heavy (non-hydrogen) atoms. The van der Waals surface area contributed by atoms with Crippen LogP contribution in [0, 0.1) is 0 Å². The lowest BCUT2D eigenvalue weighted by atomic mass is 10.1. The molecule has 0 saturated carbocycles. The van der Waals surface area contributed by atoms with E-state index in [9.17, 15) is 4.57 Å². The molecule has 0 fully saturated rings. The van der Waals surface area contributed by atoms with Crippen molar-refractivity contribution in [3.05, 3.63) is 30.3 Å². The maximum Gasteiger partial charge on any atom is 0.356 e. The van der Waals surface area contributed by atoms with E-state index in [2.05, 4.69) is 9.97 Å². The van der Waals surface area contributed by atoms with Crippen LogP contribution in [0.4, 0.5) is 11.8 Å².